The minimum atomic E-state index is -0.556. The number of hydrogen-bond donors (Lipinski definition) is 3. The molecule has 4 unspecified atom stereocenters. The van der Waals surface area contributed by atoms with Crippen molar-refractivity contribution in [3.63, 3.8) is 0 Å². The lowest BCUT2D eigenvalue weighted by molar-refractivity contribution is 0.195. The molecule has 3 aromatic carbocycles. The van der Waals surface area contributed by atoms with Gasteiger partial charge in [-0.3, -0.25) is 29.7 Å². The van der Waals surface area contributed by atoms with Gasteiger partial charge in [-0.1, -0.05) is 86.5 Å². The van der Waals surface area contributed by atoms with Gasteiger partial charge in [-0.25, -0.2) is 15.0 Å². The normalized spacial score (nSPS) is 19.2. The number of nitrogens with one attached hydrogen (secondary N) is 3. The van der Waals surface area contributed by atoms with Crippen molar-refractivity contribution in [1.82, 2.24) is 74.3 Å². The van der Waals surface area contributed by atoms with Crippen LogP contribution in [-0.2, 0) is 21.1 Å². The minimum Gasteiger partial charge on any atom is -0.337 e. The lowest BCUT2D eigenvalue weighted by Crippen LogP contribution is -2.45. The van der Waals surface area contributed by atoms with Crippen LogP contribution in [0.15, 0.2) is 163 Å². The maximum atomic E-state index is 9.43. The van der Waals surface area contributed by atoms with E-state index in [0.29, 0.717) is 15.1 Å². The van der Waals surface area contributed by atoms with Crippen LogP contribution in [0, 0.1) is 0 Å². The smallest absolute Gasteiger partial charge is 0.105 e. The first kappa shape index (κ1) is 65.2. The Labute approximate surface area is 569 Å². The number of piperazine rings is 3. The van der Waals surface area contributed by atoms with Gasteiger partial charge in [0.05, 0.1) is 71.3 Å². The topological polar surface area (TPSA) is 284 Å². The molecule has 3 fully saturated rings. The molecule has 24 nitrogen and oxygen atoms in total. The molecule has 0 amide bonds. The van der Waals surface area contributed by atoms with Gasteiger partial charge in [-0.15, -0.1) is 0 Å². The number of azide groups is 3. The summed E-state index contributed by atoms with van der Waals surface area (Å²) in [6.45, 7) is 11.1. The van der Waals surface area contributed by atoms with E-state index in [1.54, 1.807) is 37.6 Å². The van der Waals surface area contributed by atoms with Crippen molar-refractivity contribution in [2.24, 2.45) is 36.5 Å². The van der Waals surface area contributed by atoms with Crippen LogP contribution in [0.1, 0.15) is 120 Å². The van der Waals surface area contributed by atoms with Crippen molar-refractivity contribution in [2.75, 3.05) is 78.5 Å². The molecule has 27 heteroatoms. The number of nitrogens with zero attached hydrogens (tertiary/aromatic N) is 21. The quantitative estimate of drug-likeness (QED) is 0.0585. The number of fused-ring (bicyclic) bond motifs is 6. The molecule has 3 saturated heterocycles. The molecule has 3 aliphatic carbocycles. The van der Waals surface area contributed by atoms with E-state index in [1.807, 2.05) is 108 Å². The average Bonchev–Trinajstić information content (AvgIpc) is 1.59. The summed E-state index contributed by atoms with van der Waals surface area (Å²) in [5.41, 5.74) is 45.7. The molecule has 6 atom stereocenters. The van der Waals surface area contributed by atoms with Crippen LogP contribution in [0.25, 0.3) is 66.3 Å². The third-order valence-electron chi connectivity index (χ3n) is 18.5. The maximum Gasteiger partial charge on any atom is 0.105 e. The van der Waals surface area contributed by atoms with E-state index in [1.165, 1.54) is 0 Å². The van der Waals surface area contributed by atoms with Crippen molar-refractivity contribution < 1.29 is 0 Å². The second-order valence-electron chi connectivity index (χ2n) is 24.1. The average molecular weight is 1340 g/mol. The second-order valence-corrected chi connectivity index (χ2v) is 25.4. The van der Waals surface area contributed by atoms with Crippen molar-refractivity contribution in [1.29, 1.82) is 0 Å². The molecule has 3 N–H and O–H groups in total. The Morgan fingerprint density at radius 2 is 0.708 bits per heavy atom. The summed E-state index contributed by atoms with van der Waals surface area (Å²) >= 11 is 19.5. The summed E-state index contributed by atoms with van der Waals surface area (Å²) < 4.78 is 5.65. The van der Waals surface area contributed by atoms with Gasteiger partial charge in [0.25, 0.3) is 0 Å². The lowest BCUT2D eigenvalue weighted by Gasteiger charge is -2.36. The Balaban J connectivity index is 0.000000130. The summed E-state index contributed by atoms with van der Waals surface area (Å²) in [6, 6.07) is 28.2. The first-order chi connectivity index (χ1) is 47.0. The zero-order valence-corrected chi connectivity index (χ0v) is 55.3. The molecule has 15 rings (SSSR count). The van der Waals surface area contributed by atoms with Gasteiger partial charge < -0.3 is 29.7 Å². The molecule has 486 valence electrons. The highest BCUT2D eigenvalue weighted by Gasteiger charge is 2.38. The molecule has 96 heavy (non-hydrogen) atoms. The molecule has 9 heterocycles. The fraction of sp³-hybridized carbons (Fsp3) is 0.304. The monoisotopic (exact) mass is 1340 g/mol. The summed E-state index contributed by atoms with van der Waals surface area (Å²) in [7, 11) is 5.70. The predicted octanol–water partition coefficient (Wildman–Crippen LogP) is 13.1. The minimum absolute atomic E-state index is 0.0208. The number of rotatable bonds is 12. The van der Waals surface area contributed by atoms with Gasteiger partial charge in [0, 0.05) is 167 Å². The van der Waals surface area contributed by atoms with Crippen LogP contribution < -0.4 is 16.0 Å². The Hall–Kier alpha value is -9.48. The predicted molar refractivity (Wildman–Crippen MR) is 375 cm³/mol. The largest absolute Gasteiger partial charge is 0.337 e. The Morgan fingerprint density at radius 1 is 0.427 bits per heavy atom. The van der Waals surface area contributed by atoms with E-state index in [4.69, 9.17) is 49.8 Å². The van der Waals surface area contributed by atoms with Gasteiger partial charge in [0.15, 0.2) is 0 Å². The van der Waals surface area contributed by atoms with Crippen molar-refractivity contribution in [3.8, 4) is 0 Å². The number of hydrogen-bond acceptors (Lipinski definition) is 15. The maximum absolute atomic E-state index is 9.43. The second kappa shape index (κ2) is 29.7. The van der Waals surface area contributed by atoms with Gasteiger partial charge in [-0.2, -0.15) is 0 Å². The summed E-state index contributed by atoms with van der Waals surface area (Å²) in [6.07, 6.45) is 22.2. The van der Waals surface area contributed by atoms with E-state index in [0.717, 1.165) is 179 Å². The first-order valence-corrected chi connectivity index (χ1v) is 32.9. The molecule has 6 aliphatic rings. The molecule has 0 bridgehead atoms. The van der Waals surface area contributed by atoms with Gasteiger partial charge in [0.2, 0.25) is 0 Å². The van der Waals surface area contributed by atoms with E-state index in [9.17, 15) is 16.6 Å². The fourth-order valence-corrected chi connectivity index (χ4v) is 14.6. The van der Waals surface area contributed by atoms with Crippen LogP contribution in [0.3, 0.4) is 0 Å². The Kier molecular flexibility index (Phi) is 20.1. The van der Waals surface area contributed by atoms with E-state index >= 15 is 0 Å². The number of aryl methyl sites for hydroxylation is 3. The third-order valence-corrected chi connectivity index (χ3v) is 19.2. The molecule has 0 radical (unpaired) electrons. The zero-order chi connectivity index (χ0) is 66.2. The van der Waals surface area contributed by atoms with Crippen LogP contribution in [0.5, 0.6) is 0 Å². The summed E-state index contributed by atoms with van der Waals surface area (Å²) in [4.78, 5) is 44.1. The van der Waals surface area contributed by atoms with Gasteiger partial charge >= 0.3 is 0 Å². The van der Waals surface area contributed by atoms with Gasteiger partial charge in [-0.05, 0) is 156 Å². The lowest BCUT2D eigenvalue weighted by atomic mass is 9.90. The molecular formula is C69H69Cl3N24. The van der Waals surface area contributed by atoms with E-state index in [2.05, 4.69) is 130 Å². The van der Waals surface area contributed by atoms with Crippen LogP contribution >= 0.6 is 34.8 Å². The number of halogens is 3. The summed E-state index contributed by atoms with van der Waals surface area (Å²) in [5, 5.41) is 24.8. The Bertz CT molecular complexity index is 4120. The SMILES string of the molecule is Cn1cncc1C(N=[N+]=[N-])C1=Cc2cccnc2C(N2CCNCC2)c2ccc(Cl)cc21.Cn1cncc1[C@@H](N=[N+]=[N-])C1=Cc2cccnc2C(N2CCNCC2)c2ccc(Cl)cc21.Cn1cncc1[C@H](N=[N+]=[N-])C1=Cc2cccnc2C(N2CCNCC2)c2ccc(Cl)cc21. The highest BCUT2D eigenvalue weighted by Crippen LogP contribution is 2.49. The highest BCUT2D eigenvalue weighted by molar-refractivity contribution is 6.31. The van der Waals surface area contributed by atoms with Crippen LogP contribution in [0.2, 0.25) is 15.1 Å². The standard InChI is InChI=1S/3C23H23ClN8/c3*1-31-14-27-13-20(31)22(29-30-25)19-11-15-3-2-6-28-21(15)23(32-9-7-26-8-10-32)17-5-4-16(24)12-18(17)19/h3*2-6,11-14,22-23,26H,7-10H2,1H3/t2*22-,23?;/m10./s1. The first-order valence-electron chi connectivity index (χ1n) is 31.8. The fourth-order valence-electron chi connectivity index (χ4n) is 14.1. The summed E-state index contributed by atoms with van der Waals surface area (Å²) in [5.74, 6) is 0. The highest BCUT2D eigenvalue weighted by atomic mass is 35.5. The van der Waals surface area contributed by atoms with Crippen molar-refractivity contribution in [2.45, 2.75) is 36.3 Å². The van der Waals surface area contributed by atoms with Crippen LogP contribution in [-0.4, -0.2) is 137 Å². The number of imidazole rings is 3. The third kappa shape index (κ3) is 13.4. The van der Waals surface area contributed by atoms with Crippen molar-refractivity contribution in [3.05, 3.63) is 278 Å². The number of benzene rings is 3. The molecule has 6 aromatic heterocycles. The Morgan fingerprint density at radius 3 is 0.958 bits per heavy atom. The van der Waals surface area contributed by atoms with Crippen molar-refractivity contribution >= 4 is 69.8 Å². The molecule has 0 spiro atoms. The number of pyridine rings is 3. The van der Waals surface area contributed by atoms with Gasteiger partial charge in [0.1, 0.15) is 18.1 Å². The molecular weight excluding hydrogens is 1270 g/mol. The van der Waals surface area contributed by atoms with E-state index < -0.39 is 18.1 Å². The molecule has 0 saturated carbocycles. The molecule has 9 aromatic rings. The molecule has 3 aliphatic heterocycles. The van der Waals surface area contributed by atoms with Crippen LogP contribution in [0.4, 0.5) is 0 Å². The number of aromatic nitrogens is 9. The van der Waals surface area contributed by atoms with E-state index in [-0.39, 0.29) is 18.1 Å². The zero-order valence-electron chi connectivity index (χ0n) is 53.1.